The third-order valence-corrected chi connectivity index (χ3v) is 4.65. The van der Waals surface area contributed by atoms with Crippen LogP contribution in [0.5, 0.6) is 0 Å². The van der Waals surface area contributed by atoms with E-state index in [0.717, 1.165) is 0 Å². The topological polar surface area (TPSA) is 338 Å². The highest BCUT2D eigenvalue weighted by Crippen LogP contribution is 2.04. The van der Waals surface area contributed by atoms with Gasteiger partial charge in [0.25, 0.3) is 0 Å². The van der Waals surface area contributed by atoms with E-state index in [4.69, 9.17) is 33.8 Å². The number of nitrogens with one attached hydrogen (secondary N) is 3. The van der Waals surface area contributed by atoms with Crippen LogP contribution in [0.15, 0.2) is 4.99 Å². The molecule has 208 valence electrons. The molecule has 0 heterocycles. The fourth-order valence-electron chi connectivity index (χ4n) is 2.81. The van der Waals surface area contributed by atoms with Crippen LogP contribution in [0.3, 0.4) is 0 Å². The van der Waals surface area contributed by atoms with Crippen LogP contribution in [0.4, 0.5) is 0 Å². The fraction of sp³-hybridized carbons (Fsp3) is 0.579. The van der Waals surface area contributed by atoms with E-state index < -0.39 is 78.5 Å². The van der Waals surface area contributed by atoms with E-state index >= 15 is 0 Å². The minimum atomic E-state index is -1.71. The van der Waals surface area contributed by atoms with Crippen molar-refractivity contribution >= 4 is 47.4 Å². The normalized spacial score (nSPS) is 13.6. The van der Waals surface area contributed by atoms with Crippen LogP contribution in [0, 0.1) is 0 Å². The van der Waals surface area contributed by atoms with E-state index in [9.17, 15) is 38.7 Å². The average molecular weight is 532 g/mol. The van der Waals surface area contributed by atoms with Crippen LogP contribution in [-0.4, -0.2) is 88.4 Å². The lowest BCUT2D eigenvalue weighted by Crippen LogP contribution is -2.57. The Balaban J connectivity index is 5.66. The van der Waals surface area contributed by atoms with Gasteiger partial charge in [-0.05, 0) is 19.3 Å². The summed E-state index contributed by atoms with van der Waals surface area (Å²) >= 11 is 0. The predicted octanol–water partition coefficient (Wildman–Crippen LogP) is -5.48. The molecular weight excluding hydrogens is 498 g/mol. The van der Waals surface area contributed by atoms with Crippen LogP contribution in [0.1, 0.15) is 38.5 Å². The van der Waals surface area contributed by atoms with E-state index in [1.807, 2.05) is 0 Å². The maximum Gasteiger partial charge on any atom is 0.326 e. The first-order valence-electron chi connectivity index (χ1n) is 10.9. The average Bonchev–Trinajstić information content (AvgIpc) is 2.77. The maximum atomic E-state index is 12.8. The Morgan fingerprint density at radius 1 is 0.703 bits per heavy atom. The zero-order valence-corrected chi connectivity index (χ0v) is 19.8. The molecule has 0 saturated heterocycles. The van der Waals surface area contributed by atoms with Crippen LogP contribution in [0.2, 0.25) is 0 Å². The van der Waals surface area contributed by atoms with Gasteiger partial charge in [0.2, 0.25) is 29.5 Å². The monoisotopic (exact) mass is 531 g/mol. The number of nitrogens with zero attached hydrogens (tertiary/aromatic N) is 1. The number of nitrogens with two attached hydrogens (primary N) is 5. The van der Waals surface area contributed by atoms with Crippen molar-refractivity contribution in [2.24, 2.45) is 33.7 Å². The second-order valence-electron chi connectivity index (χ2n) is 7.85. The predicted molar refractivity (Wildman–Crippen MR) is 126 cm³/mol. The molecule has 4 unspecified atom stereocenters. The summed E-state index contributed by atoms with van der Waals surface area (Å²) in [4.78, 5) is 86.1. The van der Waals surface area contributed by atoms with Gasteiger partial charge in [-0.3, -0.25) is 33.8 Å². The number of rotatable bonds is 18. The molecule has 0 aliphatic carbocycles. The van der Waals surface area contributed by atoms with Crippen LogP contribution < -0.4 is 44.6 Å². The summed E-state index contributed by atoms with van der Waals surface area (Å²) in [5.74, 6) is -8.14. The summed E-state index contributed by atoms with van der Waals surface area (Å²) in [6, 6.07) is -6.15. The number of carbonyl (C=O) groups excluding carboxylic acids is 5. The maximum absolute atomic E-state index is 12.8. The van der Waals surface area contributed by atoms with Crippen LogP contribution in [-0.2, 0) is 33.6 Å². The van der Waals surface area contributed by atoms with E-state index in [-0.39, 0.29) is 38.2 Å². The summed E-state index contributed by atoms with van der Waals surface area (Å²) < 4.78 is 0. The molecule has 0 aliphatic rings. The SMILES string of the molecule is NC(=O)CCC(N)C(=O)NC(CC(=O)O)C(=O)NC(CCCN=C(N)N)C(=O)NC(CC(N)=O)C(=O)O. The molecule has 0 aliphatic heterocycles. The number of guanidine groups is 1. The summed E-state index contributed by atoms with van der Waals surface area (Å²) in [6.07, 6.45) is -2.09. The van der Waals surface area contributed by atoms with Crippen molar-refractivity contribution in [1.29, 1.82) is 0 Å². The number of carboxylic acid groups (broad SMARTS) is 2. The lowest BCUT2D eigenvalue weighted by atomic mass is 10.1. The smallest absolute Gasteiger partial charge is 0.326 e. The molecule has 5 amide bonds. The lowest BCUT2D eigenvalue weighted by Gasteiger charge is -2.24. The molecule has 15 N–H and O–H groups in total. The van der Waals surface area contributed by atoms with E-state index in [2.05, 4.69) is 20.9 Å². The van der Waals surface area contributed by atoms with Gasteiger partial charge in [0.15, 0.2) is 5.96 Å². The summed E-state index contributed by atoms with van der Waals surface area (Å²) in [6.45, 7) is 0.0234. The summed E-state index contributed by atoms with van der Waals surface area (Å²) in [5.41, 5.74) is 26.1. The minimum absolute atomic E-state index is 0.0234. The van der Waals surface area contributed by atoms with Gasteiger partial charge in [-0.2, -0.15) is 0 Å². The zero-order valence-electron chi connectivity index (χ0n) is 19.8. The molecular formula is C19H33N9O9. The molecule has 0 aromatic rings. The second-order valence-corrected chi connectivity index (χ2v) is 7.85. The van der Waals surface area contributed by atoms with Crippen molar-refractivity contribution in [2.75, 3.05) is 6.54 Å². The first-order valence-corrected chi connectivity index (χ1v) is 10.9. The van der Waals surface area contributed by atoms with Crippen molar-refractivity contribution in [3.63, 3.8) is 0 Å². The molecule has 0 saturated carbocycles. The van der Waals surface area contributed by atoms with Crippen molar-refractivity contribution in [3.05, 3.63) is 0 Å². The number of hydrogen-bond acceptors (Lipinski definition) is 9. The Bertz CT molecular complexity index is 905. The largest absolute Gasteiger partial charge is 0.481 e. The number of hydrogen-bond donors (Lipinski definition) is 10. The number of aliphatic carboxylic acids is 2. The number of amides is 5. The summed E-state index contributed by atoms with van der Waals surface area (Å²) in [7, 11) is 0. The van der Waals surface area contributed by atoms with E-state index in [1.165, 1.54) is 0 Å². The molecule has 4 atom stereocenters. The number of carboxylic acids is 2. The highest BCUT2D eigenvalue weighted by Gasteiger charge is 2.31. The lowest BCUT2D eigenvalue weighted by molar-refractivity contribution is -0.144. The van der Waals surface area contributed by atoms with Gasteiger partial charge in [-0.1, -0.05) is 0 Å². The standard InChI is InChI=1S/C19H33N9O9/c20-8(3-4-12(21)29)15(33)27-10(7-14(31)32)17(35)26-9(2-1-5-25-19(23)24)16(34)28-11(18(36)37)6-13(22)30/h8-11H,1-7,20H2,(H2,21,29)(H2,22,30)(H,26,35)(H,27,33)(H,28,34)(H,31,32)(H,36,37)(H4,23,24,25). The molecule has 18 nitrogen and oxygen atoms in total. The van der Waals surface area contributed by atoms with Gasteiger partial charge in [0.1, 0.15) is 18.1 Å². The molecule has 37 heavy (non-hydrogen) atoms. The van der Waals surface area contributed by atoms with Gasteiger partial charge in [-0.25, -0.2) is 4.79 Å². The molecule has 0 radical (unpaired) electrons. The fourth-order valence-corrected chi connectivity index (χ4v) is 2.81. The van der Waals surface area contributed by atoms with Crippen LogP contribution >= 0.6 is 0 Å². The van der Waals surface area contributed by atoms with Gasteiger partial charge in [0.05, 0.1) is 18.9 Å². The first kappa shape index (κ1) is 32.5. The van der Waals surface area contributed by atoms with Crippen molar-refractivity contribution in [3.8, 4) is 0 Å². The Morgan fingerprint density at radius 2 is 1.24 bits per heavy atom. The first-order chi connectivity index (χ1) is 17.1. The van der Waals surface area contributed by atoms with Gasteiger partial charge >= 0.3 is 11.9 Å². The molecule has 0 bridgehead atoms. The van der Waals surface area contributed by atoms with Gasteiger partial charge in [0, 0.05) is 13.0 Å². The Labute approximate surface area is 210 Å². The molecule has 0 spiro atoms. The van der Waals surface area contributed by atoms with Crippen molar-refractivity contribution in [1.82, 2.24) is 16.0 Å². The Morgan fingerprint density at radius 3 is 1.73 bits per heavy atom. The van der Waals surface area contributed by atoms with Crippen molar-refractivity contribution in [2.45, 2.75) is 62.7 Å². The van der Waals surface area contributed by atoms with Gasteiger partial charge in [-0.15, -0.1) is 0 Å². The molecule has 18 heteroatoms. The Hall–Kier alpha value is -4.48. The zero-order chi connectivity index (χ0) is 28.7. The second kappa shape index (κ2) is 16.2. The third-order valence-electron chi connectivity index (χ3n) is 4.65. The molecule has 0 rings (SSSR count). The highest BCUT2D eigenvalue weighted by atomic mass is 16.4. The highest BCUT2D eigenvalue weighted by molar-refractivity contribution is 5.96. The Kier molecular flexibility index (Phi) is 14.3. The van der Waals surface area contributed by atoms with Crippen LogP contribution in [0.25, 0.3) is 0 Å². The number of aliphatic imine (C=N–C) groups is 1. The van der Waals surface area contributed by atoms with Crippen molar-refractivity contribution < 1.29 is 43.8 Å². The molecule has 0 aromatic carbocycles. The quantitative estimate of drug-likeness (QED) is 0.0449. The third kappa shape index (κ3) is 14.5. The van der Waals surface area contributed by atoms with E-state index in [0.29, 0.717) is 0 Å². The van der Waals surface area contributed by atoms with E-state index in [1.54, 1.807) is 0 Å². The minimum Gasteiger partial charge on any atom is -0.481 e. The number of carbonyl (C=O) groups is 7. The summed E-state index contributed by atoms with van der Waals surface area (Å²) in [5, 5.41) is 24.8. The molecule has 0 aromatic heterocycles. The number of primary amides is 2. The van der Waals surface area contributed by atoms with Gasteiger partial charge < -0.3 is 54.8 Å². The molecule has 0 fully saturated rings.